The zero-order chi connectivity index (χ0) is 9.80. The molecule has 2 rings (SSSR count). The molecule has 0 aliphatic rings. The Kier molecular flexibility index (Phi) is 2.70. The normalized spacial score (nSPS) is 11.1. The van der Waals surface area contributed by atoms with Gasteiger partial charge in [0, 0.05) is 0 Å². The average Bonchev–Trinajstić information content (AvgIpc) is 2.60. The molecule has 0 saturated heterocycles. The maximum Gasteiger partial charge on any atom is 0.135 e. The van der Waals surface area contributed by atoms with Crippen LogP contribution in [0.3, 0.4) is 0 Å². The fourth-order valence-electron chi connectivity index (χ4n) is 1.15. The third-order valence-corrected chi connectivity index (χ3v) is 2.72. The number of fused-ring (bicyclic) bond motifs is 1. The second kappa shape index (κ2) is 4.15. The molecule has 2 aromatic rings. The number of nitrogens with zero attached hydrogens (tertiary/aromatic N) is 2. The number of para-hydroxylation sites is 1. The van der Waals surface area contributed by atoms with Crippen molar-refractivity contribution in [2.24, 2.45) is 4.99 Å². The predicted molar refractivity (Wildman–Crippen MR) is 62.3 cm³/mol. The zero-order valence-electron chi connectivity index (χ0n) is 7.68. The van der Waals surface area contributed by atoms with Gasteiger partial charge in [0.15, 0.2) is 0 Å². The van der Waals surface area contributed by atoms with Crippen LogP contribution in [0.2, 0.25) is 0 Å². The van der Waals surface area contributed by atoms with E-state index < -0.39 is 0 Å². The molecule has 0 atom stereocenters. The number of hydrogen-bond donors (Lipinski definition) is 0. The first-order valence-corrected chi connectivity index (χ1v) is 5.18. The number of thiazole rings is 1. The summed E-state index contributed by atoms with van der Waals surface area (Å²) >= 11 is 1.65. The zero-order valence-corrected chi connectivity index (χ0v) is 8.50. The monoisotopic (exact) mass is 202 g/mol. The van der Waals surface area contributed by atoms with Crippen LogP contribution >= 0.6 is 11.3 Å². The summed E-state index contributed by atoms with van der Waals surface area (Å²) in [4.78, 5) is 8.58. The van der Waals surface area contributed by atoms with Crippen LogP contribution in [0.5, 0.6) is 0 Å². The number of hydrogen-bond acceptors (Lipinski definition) is 3. The lowest BCUT2D eigenvalue weighted by atomic mass is 10.3. The molecule has 70 valence electrons. The topological polar surface area (TPSA) is 25.2 Å². The van der Waals surface area contributed by atoms with Crippen LogP contribution in [-0.2, 0) is 0 Å². The van der Waals surface area contributed by atoms with E-state index in [1.54, 1.807) is 23.6 Å². The van der Waals surface area contributed by atoms with Crippen LogP contribution in [0.4, 0.5) is 0 Å². The van der Waals surface area contributed by atoms with Gasteiger partial charge in [-0.1, -0.05) is 18.2 Å². The highest BCUT2D eigenvalue weighted by Crippen LogP contribution is 2.19. The van der Waals surface area contributed by atoms with Crippen LogP contribution in [0.25, 0.3) is 10.2 Å². The van der Waals surface area contributed by atoms with Gasteiger partial charge in [-0.2, -0.15) is 0 Å². The highest BCUT2D eigenvalue weighted by Gasteiger charge is 1.98. The number of aromatic nitrogens is 1. The maximum atomic E-state index is 4.42. The third-order valence-electron chi connectivity index (χ3n) is 1.75. The number of rotatable bonds is 3. The molecule has 0 fully saturated rings. The van der Waals surface area contributed by atoms with E-state index in [1.807, 2.05) is 18.2 Å². The highest BCUT2D eigenvalue weighted by molar-refractivity contribution is 7.20. The Morgan fingerprint density at radius 2 is 2.29 bits per heavy atom. The minimum absolute atomic E-state index is 0.649. The van der Waals surface area contributed by atoms with E-state index in [-0.39, 0.29) is 0 Å². The number of benzene rings is 1. The van der Waals surface area contributed by atoms with Crippen molar-refractivity contribution >= 4 is 27.8 Å². The SMILES string of the molecule is C=CCN=Cc1nc2ccccc2s1. The van der Waals surface area contributed by atoms with Crippen molar-refractivity contribution in [1.82, 2.24) is 4.98 Å². The van der Waals surface area contributed by atoms with Crippen molar-refractivity contribution in [3.63, 3.8) is 0 Å². The lowest BCUT2D eigenvalue weighted by Gasteiger charge is -1.80. The summed E-state index contributed by atoms with van der Waals surface area (Å²) in [5.74, 6) is 0. The Bertz CT molecular complexity index is 438. The Labute approximate surface area is 86.6 Å². The molecular formula is C11H10N2S. The molecule has 3 heteroatoms. The molecule has 0 radical (unpaired) electrons. The summed E-state index contributed by atoms with van der Waals surface area (Å²) < 4.78 is 1.20. The second-order valence-electron chi connectivity index (χ2n) is 2.80. The van der Waals surface area contributed by atoms with E-state index in [1.165, 1.54) is 4.70 Å². The van der Waals surface area contributed by atoms with Crippen LogP contribution in [0.15, 0.2) is 41.9 Å². The van der Waals surface area contributed by atoms with Crippen molar-refractivity contribution in [1.29, 1.82) is 0 Å². The standard InChI is InChI=1S/C11H10N2S/c1-2-7-12-8-11-13-9-5-3-4-6-10(9)14-11/h2-6,8H,1,7H2. The Hall–Kier alpha value is -1.48. The molecule has 1 aromatic carbocycles. The van der Waals surface area contributed by atoms with Crippen LogP contribution in [0, 0.1) is 0 Å². The van der Waals surface area contributed by atoms with Gasteiger partial charge in [-0.3, -0.25) is 4.99 Å². The average molecular weight is 202 g/mol. The Morgan fingerprint density at radius 1 is 1.43 bits per heavy atom. The minimum Gasteiger partial charge on any atom is -0.286 e. The summed E-state index contributed by atoms with van der Waals surface area (Å²) in [5, 5.41) is 0.952. The van der Waals surface area contributed by atoms with Crippen molar-refractivity contribution in [3.05, 3.63) is 41.9 Å². The molecule has 1 heterocycles. The molecule has 1 aromatic heterocycles. The lowest BCUT2D eigenvalue weighted by molar-refractivity contribution is 1.26. The molecular weight excluding hydrogens is 192 g/mol. The largest absolute Gasteiger partial charge is 0.286 e. The molecule has 0 bridgehead atoms. The van der Waals surface area contributed by atoms with Gasteiger partial charge in [0.25, 0.3) is 0 Å². The van der Waals surface area contributed by atoms with E-state index in [2.05, 4.69) is 22.6 Å². The Balaban J connectivity index is 2.31. The van der Waals surface area contributed by atoms with Gasteiger partial charge in [-0.15, -0.1) is 17.9 Å². The summed E-state index contributed by atoms with van der Waals surface area (Å²) in [6, 6.07) is 8.09. The van der Waals surface area contributed by atoms with E-state index in [0.29, 0.717) is 6.54 Å². The molecule has 0 spiro atoms. The summed E-state index contributed by atoms with van der Waals surface area (Å²) in [6.45, 7) is 4.25. The van der Waals surface area contributed by atoms with Gasteiger partial charge in [-0.05, 0) is 12.1 Å². The van der Waals surface area contributed by atoms with Crippen LogP contribution in [-0.4, -0.2) is 17.7 Å². The molecule has 0 amide bonds. The van der Waals surface area contributed by atoms with Crippen molar-refractivity contribution in [3.8, 4) is 0 Å². The van der Waals surface area contributed by atoms with Crippen molar-refractivity contribution < 1.29 is 0 Å². The Morgan fingerprint density at radius 3 is 3.07 bits per heavy atom. The van der Waals surface area contributed by atoms with E-state index in [9.17, 15) is 0 Å². The summed E-state index contributed by atoms with van der Waals surface area (Å²) in [5.41, 5.74) is 1.04. The predicted octanol–water partition coefficient (Wildman–Crippen LogP) is 2.90. The minimum atomic E-state index is 0.649. The van der Waals surface area contributed by atoms with Crippen molar-refractivity contribution in [2.45, 2.75) is 0 Å². The highest BCUT2D eigenvalue weighted by atomic mass is 32.1. The van der Waals surface area contributed by atoms with E-state index in [4.69, 9.17) is 0 Å². The second-order valence-corrected chi connectivity index (χ2v) is 3.86. The molecule has 0 saturated carbocycles. The maximum absolute atomic E-state index is 4.42. The molecule has 0 N–H and O–H groups in total. The summed E-state index contributed by atoms with van der Waals surface area (Å²) in [6.07, 6.45) is 3.57. The van der Waals surface area contributed by atoms with Crippen LogP contribution < -0.4 is 0 Å². The fraction of sp³-hybridized carbons (Fsp3) is 0.0909. The number of aliphatic imine (C=N–C) groups is 1. The van der Waals surface area contributed by atoms with Gasteiger partial charge in [-0.25, -0.2) is 4.98 Å². The fourth-order valence-corrected chi connectivity index (χ4v) is 2.01. The first kappa shape index (κ1) is 9.09. The first-order valence-electron chi connectivity index (χ1n) is 4.36. The lowest BCUT2D eigenvalue weighted by Crippen LogP contribution is -1.79. The summed E-state index contributed by atoms with van der Waals surface area (Å²) in [7, 11) is 0. The molecule has 0 unspecified atom stereocenters. The van der Waals surface area contributed by atoms with Gasteiger partial charge in [0.1, 0.15) is 5.01 Å². The quantitative estimate of drug-likeness (QED) is 0.555. The van der Waals surface area contributed by atoms with Gasteiger partial charge >= 0.3 is 0 Å². The van der Waals surface area contributed by atoms with Crippen LogP contribution in [0.1, 0.15) is 5.01 Å². The first-order chi connectivity index (χ1) is 6.90. The smallest absolute Gasteiger partial charge is 0.135 e. The van der Waals surface area contributed by atoms with Gasteiger partial charge < -0.3 is 0 Å². The van der Waals surface area contributed by atoms with Gasteiger partial charge in [0.05, 0.1) is 23.0 Å². The van der Waals surface area contributed by atoms with E-state index >= 15 is 0 Å². The van der Waals surface area contributed by atoms with E-state index in [0.717, 1.165) is 10.5 Å². The molecule has 0 aliphatic heterocycles. The van der Waals surface area contributed by atoms with Crippen molar-refractivity contribution in [2.75, 3.05) is 6.54 Å². The molecule has 0 aliphatic carbocycles. The third kappa shape index (κ3) is 1.88. The molecule has 2 nitrogen and oxygen atoms in total. The molecule has 14 heavy (non-hydrogen) atoms. The van der Waals surface area contributed by atoms with Gasteiger partial charge in [0.2, 0.25) is 0 Å².